The maximum atomic E-state index is 12.9. The standard InChI is InChI=1S/C16H24N2O5S2/c1-13-11-23-16(14-6-4-3-5-7-14)10-18(13)25(21,22)12-15-8-9-24(19,20)17(15)2/h3-7,13,15-16H,8-12H2,1-2H3/t13-,15?,16-/m1/s1. The lowest BCUT2D eigenvalue weighted by Crippen LogP contribution is -2.51. The van der Waals surface area contributed by atoms with Crippen LogP contribution >= 0.6 is 0 Å². The quantitative estimate of drug-likeness (QED) is 0.762. The fraction of sp³-hybridized carbons (Fsp3) is 0.625. The molecule has 7 nitrogen and oxygen atoms in total. The third kappa shape index (κ3) is 3.90. The van der Waals surface area contributed by atoms with Gasteiger partial charge in [0.05, 0.1) is 24.2 Å². The number of rotatable bonds is 4. The van der Waals surface area contributed by atoms with Crippen molar-refractivity contribution in [3.63, 3.8) is 0 Å². The van der Waals surface area contributed by atoms with Crippen LogP contribution in [0.15, 0.2) is 30.3 Å². The van der Waals surface area contributed by atoms with Gasteiger partial charge < -0.3 is 4.74 Å². The van der Waals surface area contributed by atoms with Crippen LogP contribution in [0.1, 0.15) is 25.0 Å². The molecule has 1 aromatic carbocycles. The zero-order valence-electron chi connectivity index (χ0n) is 14.4. The summed E-state index contributed by atoms with van der Waals surface area (Å²) in [4.78, 5) is 0. The first-order chi connectivity index (χ1) is 11.7. The van der Waals surface area contributed by atoms with Gasteiger partial charge in [-0.2, -0.15) is 4.31 Å². The highest BCUT2D eigenvalue weighted by Crippen LogP contribution is 2.28. The van der Waals surface area contributed by atoms with E-state index in [1.165, 1.54) is 15.7 Å². The van der Waals surface area contributed by atoms with E-state index in [9.17, 15) is 16.8 Å². The summed E-state index contributed by atoms with van der Waals surface area (Å²) in [5, 5.41) is 0. The van der Waals surface area contributed by atoms with Crippen LogP contribution in [0.4, 0.5) is 0 Å². The number of morpholine rings is 1. The topological polar surface area (TPSA) is 84.0 Å². The molecule has 2 saturated heterocycles. The van der Waals surface area contributed by atoms with Crippen molar-refractivity contribution in [3.8, 4) is 0 Å². The summed E-state index contributed by atoms with van der Waals surface area (Å²) >= 11 is 0. The average Bonchev–Trinajstić information content (AvgIpc) is 2.82. The van der Waals surface area contributed by atoms with Crippen LogP contribution in [0.2, 0.25) is 0 Å². The van der Waals surface area contributed by atoms with Crippen molar-refractivity contribution in [2.75, 3.05) is 31.7 Å². The molecule has 1 aromatic rings. The highest BCUT2D eigenvalue weighted by atomic mass is 32.2. The molecule has 0 saturated carbocycles. The van der Waals surface area contributed by atoms with Crippen molar-refractivity contribution in [2.24, 2.45) is 0 Å². The Balaban J connectivity index is 1.76. The van der Waals surface area contributed by atoms with E-state index in [1.807, 2.05) is 37.3 Å². The Morgan fingerprint density at radius 1 is 1.24 bits per heavy atom. The predicted octanol–water partition coefficient (Wildman–Crippen LogP) is 0.812. The molecule has 2 aliphatic heterocycles. The Hall–Kier alpha value is -1.00. The minimum atomic E-state index is -3.59. The van der Waals surface area contributed by atoms with E-state index in [-0.39, 0.29) is 30.2 Å². The van der Waals surface area contributed by atoms with Gasteiger partial charge in [0.2, 0.25) is 20.0 Å². The van der Waals surface area contributed by atoms with Gasteiger partial charge in [-0.15, -0.1) is 0 Å². The molecule has 2 fully saturated rings. The van der Waals surface area contributed by atoms with Crippen LogP contribution in [0.5, 0.6) is 0 Å². The molecule has 0 bridgehead atoms. The molecule has 0 amide bonds. The summed E-state index contributed by atoms with van der Waals surface area (Å²) in [6.45, 7) is 2.38. The molecular weight excluding hydrogens is 364 g/mol. The van der Waals surface area contributed by atoms with E-state index < -0.39 is 26.1 Å². The monoisotopic (exact) mass is 388 g/mol. The molecule has 3 atom stereocenters. The van der Waals surface area contributed by atoms with Crippen molar-refractivity contribution in [1.29, 1.82) is 0 Å². The van der Waals surface area contributed by atoms with Crippen molar-refractivity contribution >= 4 is 20.0 Å². The SMILES string of the molecule is C[C@@H]1CO[C@@H](c2ccccc2)CN1S(=O)(=O)CC1CCS(=O)(=O)N1C. The van der Waals surface area contributed by atoms with Crippen molar-refractivity contribution in [3.05, 3.63) is 35.9 Å². The molecule has 140 valence electrons. The number of benzene rings is 1. The Bertz CT molecular complexity index is 810. The Morgan fingerprint density at radius 2 is 1.92 bits per heavy atom. The Morgan fingerprint density at radius 3 is 2.52 bits per heavy atom. The molecule has 0 N–H and O–H groups in total. The molecule has 1 unspecified atom stereocenters. The fourth-order valence-corrected chi connectivity index (χ4v) is 6.98. The number of hydrogen-bond donors (Lipinski definition) is 0. The van der Waals surface area contributed by atoms with E-state index >= 15 is 0 Å². The van der Waals surface area contributed by atoms with Gasteiger partial charge in [0.1, 0.15) is 0 Å². The number of sulfonamides is 2. The Labute approximate surface area is 149 Å². The second kappa shape index (κ2) is 6.96. The maximum Gasteiger partial charge on any atom is 0.216 e. The summed E-state index contributed by atoms with van der Waals surface area (Å²) in [6.07, 6.45) is 0.0380. The van der Waals surface area contributed by atoms with E-state index in [1.54, 1.807) is 0 Å². The van der Waals surface area contributed by atoms with Gasteiger partial charge in [-0.1, -0.05) is 30.3 Å². The summed E-state index contributed by atoms with van der Waals surface area (Å²) in [7, 11) is -5.46. The lowest BCUT2D eigenvalue weighted by atomic mass is 10.1. The van der Waals surface area contributed by atoms with E-state index in [0.29, 0.717) is 13.0 Å². The zero-order valence-corrected chi connectivity index (χ0v) is 16.0. The third-order valence-electron chi connectivity index (χ3n) is 4.97. The molecule has 0 spiro atoms. The molecule has 3 rings (SSSR count). The van der Waals surface area contributed by atoms with Crippen molar-refractivity contribution in [1.82, 2.24) is 8.61 Å². The van der Waals surface area contributed by atoms with Gasteiger partial charge in [-0.3, -0.25) is 0 Å². The van der Waals surface area contributed by atoms with Crippen molar-refractivity contribution < 1.29 is 21.6 Å². The van der Waals surface area contributed by atoms with Gasteiger partial charge >= 0.3 is 0 Å². The normalized spacial score (nSPS) is 31.2. The summed E-state index contributed by atoms with van der Waals surface area (Å²) in [6, 6.07) is 8.77. The smallest absolute Gasteiger partial charge is 0.216 e. The lowest BCUT2D eigenvalue weighted by molar-refractivity contribution is -0.0289. The molecule has 2 aliphatic rings. The second-order valence-corrected chi connectivity index (χ2v) is 10.8. The number of hydrogen-bond acceptors (Lipinski definition) is 5. The molecule has 9 heteroatoms. The van der Waals surface area contributed by atoms with Crippen LogP contribution in [-0.2, 0) is 24.8 Å². The van der Waals surface area contributed by atoms with Crippen LogP contribution in [0, 0.1) is 0 Å². The van der Waals surface area contributed by atoms with Crippen LogP contribution in [0.25, 0.3) is 0 Å². The predicted molar refractivity (Wildman–Crippen MR) is 95.0 cm³/mol. The first-order valence-corrected chi connectivity index (χ1v) is 11.5. The van der Waals surface area contributed by atoms with Gasteiger partial charge in [0.25, 0.3) is 0 Å². The third-order valence-corrected chi connectivity index (χ3v) is 8.93. The van der Waals surface area contributed by atoms with Crippen LogP contribution in [-0.4, -0.2) is 69.2 Å². The summed E-state index contributed by atoms with van der Waals surface area (Å²) in [5.41, 5.74) is 0.940. The first kappa shape index (κ1) is 18.8. The van der Waals surface area contributed by atoms with E-state index in [0.717, 1.165) is 5.56 Å². The lowest BCUT2D eigenvalue weighted by Gasteiger charge is -2.38. The van der Waals surface area contributed by atoms with E-state index in [2.05, 4.69) is 0 Å². The molecule has 0 aliphatic carbocycles. The number of ether oxygens (including phenoxy) is 1. The first-order valence-electron chi connectivity index (χ1n) is 8.32. The Kier molecular flexibility index (Phi) is 5.23. The highest BCUT2D eigenvalue weighted by molar-refractivity contribution is 7.90. The zero-order chi connectivity index (χ0) is 18.2. The maximum absolute atomic E-state index is 12.9. The minimum absolute atomic E-state index is 0.00892. The van der Waals surface area contributed by atoms with Crippen molar-refractivity contribution in [2.45, 2.75) is 31.5 Å². The second-order valence-electron chi connectivity index (χ2n) is 6.70. The van der Waals surface area contributed by atoms with Gasteiger partial charge in [-0.05, 0) is 18.9 Å². The van der Waals surface area contributed by atoms with Crippen LogP contribution in [0.3, 0.4) is 0 Å². The highest BCUT2D eigenvalue weighted by Gasteiger charge is 2.41. The summed E-state index contributed by atoms with van der Waals surface area (Å²) < 4.78 is 58.0. The molecule has 0 aromatic heterocycles. The summed E-state index contributed by atoms with van der Waals surface area (Å²) in [5.74, 6) is -0.177. The van der Waals surface area contributed by atoms with Crippen LogP contribution < -0.4 is 0 Å². The molecule has 0 radical (unpaired) electrons. The van der Waals surface area contributed by atoms with Gasteiger partial charge in [0, 0.05) is 25.7 Å². The largest absolute Gasteiger partial charge is 0.370 e. The van der Waals surface area contributed by atoms with Gasteiger partial charge in [-0.25, -0.2) is 21.1 Å². The number of nitrogens with zero attached hydrogens (tertiary/aromatic N) is 2. The minimum Gasteiger partial charge on any atom is -0.370 e. The van der Waals surface area contributed by atoms with Gasteiger partial charge in [0.15, 0.2) is 0 Å². The van der Waals surface area contributed by atoms with E-state index in [4.69, 9.17) is 4.74 Å². The average molecular weight is 389 g/mol. The fourth-order valence-electron chi connectivity index (χ4n) is 3.36. The molecule has 2 heterocycles. The molecular formula is C16H24N2O5S2. The molecule has 25 heavy (non-hydrogen) atoms.